The fourth-order valence-corrected chi connectivity index (χ4v) is 5.02. The second kappa shape index (κ2) is 7.77. The number of rotatable bonds is 6. The van der Waals surface area contributed by atoms with Crippen LogP contribution in [0.1, 0.15) is 32.1 Å². The normalized spacial score (nSPS) is 18.1. The Morgan fingerprint density at radius 2 is 2.05 bits per heavy atom. The Morgan fingerprint density at radius 1 is 1.36 bits per heavy atom. The van der Waals surface area contributed by atoms with Crippen molar-refractivity contribution in [3.8, 4) is 5.75 Å². The van der Waals surface area contributed by atoms with Crippen LogP contribution >= 0.6 is 15.9 Å². The standard InChI is InChI=1S/C15H23BrN2O3S/c1-21-14-8-7-12(16)9-15(14)22(19,20)18-13(10-17)11-5-3-2-4-6-11/h7-9,11,13,18H,2-6,10,17H2,1H3. The van der Waals surface area contributed by atoms with Gasteiger partial charge >= 0.3 is 0 Å². The third-order valence-corrected chi connectivity index (χ3v) is 6.20. The Morgan fingerprint density at radius 3 is 2.64 bits per heavy atom. The molecule has 1 fully saturated rings. The molecule has 1 aliphatic carbocycles. The lowest BCUT2D eigenvalue weighted by Crippen LogP contribution is -2.45. The van der Waals surface area contributed by atoms with Crippen molar-refractivity contribution in [2.45, 2.75) is 43.0 Å². The average Bonchev–Trinajstić information content (AvgIpc) is 2.53. The molecule has 1 saturated carbocycles. The van der Waals surface area contributed by atoms with Gasteiger partial charge in [0.15, 0.2) is 0 Å². The van der Waals surface area contributed by atoms with Gasteiger partial charge in [0.05, 0.1) is 7.11 Å². The molecule has 0 bridgehead atoms. The summed E-state index contributed by atoms with van der Waals surface area (Å²) in [5.74, 6) is 0.641. The van der Waals surface area contributed by atoms with Crippen molar-refractivity contribution in [2.75, 3.05) is 13.7 Å². The Kier molecular flexibility index (Phi) is 6.26. The lowest BCUT2D eigenvalue weighted by atomic mass is 9.84. The third kappa shape index (κ3) is 4.22. The van der Waals surface area contributed by atoms with E-state index in [2.05, 4.69) is 20.7 Å². The molecule has 1 aromatic carbocycles. The van der Waals surface area contributed by atoms with E-state index in [1.165, 1.54) is 13.5 Å². The highest BCUT2D eigenvalue weighted by Crippen LogP contribution is 2.30. The van der Waals surface area contributed by atoms with E-state index in [0.29, 0.717) is 22.7 Å². The van der Waals surface area contributed by atoms with Crippen LogP contribution in [0.25, 0.3) is 0 Å². The van der Waals surface area contributed by atoms with Crippen molar-refractivity contribution < 1.29 is 13.2 Å². The number of halogens is 1. The molecule has 1 aliphatic rings. The van der Waals surface area contributed by atoms with Crippen LogP contribution in [0.4, 0.5) is 0 Å². The number of hydrogen-bond acceptors (Lipinski definition) is 4. The van der Waals surface area contributed by atoms with Gasteiger partial charge in [0, 0.05) is 17.1 Å². The molecule has 0 heterocycles. The molecule has 0 aromatic heterocycles. The number of hydrogen-bond donors (Lipinski definition) is 2. The van der Waals surface area contributed by atoms with Gasteiger partial charge in [0.25, 0.3) is 0 Å². The molecule has 1 unspecified atom stereocenters. The highest BCUT2D eigenvalue weighted by atomic mass is 79.9. The van der Waals surface area contributed by atoms with Crippen LogP contribution in [-0.4, -0.2) is 28.1 Å². The van der Waals surface area contributed by atoms with E-state index in [0.717, 1.165) is 25.7 Å². The van der Waals surface area contributed by atoms with Crippen molar-refractivity contribution >= 4 is 26.0 Å². The summed E-state index contributed by atoms with van der Waals surface area (Å²) in [5.41, 5.74) is 5.82. The molecule has 0 spiro atoms. The molecular weight excluding hydrogens is 368 g/mol. The lowest BCUT2D eigenvalue weighted by molar-refractivity contribution is 0.294. The molecule has 3 N–H and O–H groups in total. The predicted molar refractivity (Wildman–Crippen MR) is 90.4 cm³/mol. The van der Waals surface area contributed by atoms with E-state index in [1.54, 1.807) is 18.2 Å². The van der Waals surface area contributed by atoms with E-state index >= 15 is 0 Å². The molecular formula is C15H23BrN2O3S. The van der Waals surface area contributed by atoms with Crippen LogP contribution in [0.2, 0.25) is 0 Å². The van der Waals surface area contributed by atoms with Gasteiger partial charge in [-0.1, -0.05) is 35.2 Å². The van der Waals surface area contributed by atoms with Crippen LogP contribution in [0.3, 0.4) is 0 Å². The van der Waals surface area contributed by atoms with Crippen molar-refractivity contribution in [3.05, 3.63) is 22.7 Å². The highest BCUT2D eigenvalue weighted by Gasteiger charge is 2.29. The maximum atomic E-state index is 12.7. The summed E-state index contributed by atoms with van der Waals surface area (Å²) >= 11 is 3.31. The summed E-state index contributed by atoms with van der Waals surface area (Å²) in [7, 11) is -2.21. The van der Waals surface area contributed by atoms with Crippen LogP contribution in [0, 0.1) is 5.92 Å². The minimum atomic E-state index is -3.67. The summed E-state index contributed by atoms with van der Waals surface area (Å²) in [6.45, 7) is 0.306. The summed E-state index contributed by atoms with van der Waals surface area (Å²) in [6.07, 6.45) is 5.56. The van der Waals surface area contributed by atoms with E-state index in [1.807, 2.05) is 0 Å². The number of benzene rings is 1. The quantitative estimate of drug-likeness (QED) is 0.781. The van der Waals surface area contributed by atoms with Crippen LogP contribution in [0.15, 0.2) is 27.6 Å². The van der Waals surface area contributed by atoms with Gasteiger partial charge in [-0.3, -0.25) is 0 Å². The second-order valence-electron chi connectivity index (χ2n) is 5.66. The van der Waals surface area contributed by atoms with E-state index in [4.69, 9.17) is 10.5 Å². The Balaban J connectivity index is 2.24. The first-order valence-corrected chi connectivity index (χ1v) is 9.81. The van der Waals surface area contributed by atoms with Crippen molar-refractivity contribution in [1.82, 2.24) is 4.72 Å². The van der Waals surface area contributed by atoms with Gasteiger partial charge in [-0.05, 0) is 37.0 Å². The first-order valence-electron chi connectivity index (χ1n) is 7.54. The lowest BCUT2D eigenvalue weighted by Gasteiger charge is -2.30. The second-order valence-corrected chi connectivity index (χ2v) is 8.25. The summed E-state index contributed by atoms with van der Waals surface area (Å²) < 4.78 is 34.1. The van der Waals surface area contributed by atoms with Gasteiger partial charge in [-0.15, -0.1) is 0 Å². The Bertz CT molecular complexity index is 601. The van der Waals surface area contributed by atoms with Crippen LogP contribution < -0.4 is 15.2 Å². The zero-order valence-electron chi connectivity index (χ0n) is 12.7. The average molecular weight is 391 g/mol. The predicted octanol–water partition coefficient (Wildman–Crippen LogP) is 2.64. The molecule has 7 heteroatoms. The number of methoxy groups -OCH3 is 1. The highest BCUT2D eigenvalue weighted by molar-refractivity contribution is 9.10. The molecule has 22 heavy (non-hydrogen) atoms. The molecule has 124 valence electrons. The number of nitrogens with two attached hydrogens (primary N) is 1. The largest absolute Gasteiger partial charge is 0.495 e. The third-order valence-electron chi connectivity index (χ3n) is 4.19. The number of ether oxygens (including phenoxy) is 1. The Labute approximate surface area is 140 Å². The fraction of sp³-hybridized carbons (Fsp3) is 0.600. The molecule has 0 amide bonds. The molecule has 2 rings (SSSR count). The van der Waals surface area contributed by atoms with Crippen molar-refractivity contribution in [2.24, 2.45) is 11.7 Å². The minimum absolute atomic E-state index is 0.138. The van der Waals surface area contributed by atoms with Gasteiger partial charge in [0.2, 0.25) is 10.0 Å². The van der Waals surface area contributed by atoms with Gasteiger partial charge in [-0.2, -0.15) is 0 Å². The molecule has 1 atom stereocenters. The van der Waals surface area contributed by atoms with Crippen molar-refractivity contribution in [3.63, 3.8) is 0 Å². The molecule has 0 saturated heterocycles. The topological polar surface area (TPSA) is 81.4 Å². The molecule has 0 radical (unpaired) electrons. The summed E-state index contributed by atoms with van der Waals surface area (Å²) in [5, 5.41) is 0. The van der Waals surface area contributed by atoms with Gasteiger partial charge in [0.1, 0.15) is 10.6 Å². The van der Waals surface area contributed by atoms with Crippen LogP contribution in [0.5, 0.6) is 5.75 Å². The van der Waals surface area contributed by atoms with E-state index < -0.39 is 10.0 Å². The van der Waals surface area contributed by atoms with Crippen molar-refractivity contribution in [1.29, 1.82) is 0 Å². The molecule has 1 aromatic rings. The first kappa shape index (κ1) is 17.7. The maximum absolute atomic E-state index is 12.7. The first-order chi connectivity index (χ1) is 10.5. The SMILES string of the molecule is COc1ccc(Br)cc1S(=O)(=O)NC(CN)C1CCCCC1. The van der Waals surface area contributed by atoms with Gasteiger partial charge < -0.3 is 10.5 Å². The van der Waals surface area contributed by atoms with Crippen LogP contribution in [-0.2, 0) is 10.0 Å². The minimum Gasteiger partial charge on any atom is -0.495 e. The maximum Gasteiger partial charge on any atom is 0.244 e. The van der Waals surface area contributed by atoms with E-state index in [-0.39, 0.29) is 10.9 Å². The van der Waals surface area contributed by atoms with E-state index in [9.17, 15) is 8.42 Å². The zero-order chi connectivity index (χ0) is 16.2. The van der Waals surface area contributed by atoms with Gasteiger partial charge in [-0.25, -0.2) is 13.1 Å². The summed E-state index contributed by atoms with van der Waals surface area (Å²) in [6, 6.07) is 4.71. The Hall–Kier alpha value is -0.630. The zero-order valence-corrected chi connectivity index (χ0v) is 15.1. The number of nitrogens with one attached hydrogen (secondary N) is 1. The summed E-state index contributed by atoms with van der Waals surface area (Å²) in [4.78, 5) is 0.138. The fourth-order valence-electron chi connectivity index (χ4n) is 3.00. The monoisotopic (exact) mass is 390 g/mol. The smallest absolute Gasteiger partial charge is 0.244 e. The number of sulfonamides is 1. The molecule has 0 aliphatic heterocycles. The molecule has 5 nitrogen and oxygen atoms in total.